The molecule has 0 saturated carbocycles. The van der Waals surface area contributed by atoms with E-state index in [0.29, 0.717) is 11.5 Å². The second-order valence-corrected chi connectivity index (χ2v) is 7.50. The number of aromatic nitrogens is 3. The van der Waals surface area contributed by atoms with Crippen molar-refractivity contribution >= 4 is 51.4 Å². The Bertz CT molecular complexity index is 894. The molecule has 4 rings (SSSR count). The van der Waals surface area contributed by atoms with Gasteiger partial charge in [0.2, 0.25) is 0 Å². The first kappa shape index (κ1) is 17.8. The van der Waals surface area contributed by atoms with E-state index in [-0.39, 0.29) is 0 Å². The smallest absolute Gasteiger partial charge is 0.159 e. The number of nitrogen functional groups attached to an aromatic ring is 1. The molecule has 3 N–H and O–H groups in total. The Kier molecular flexibility index (Phi) is 5.23. The normalized spacial score (nSPS) is 14.3. The van der Waals surface area contributed by atoms with Gasteiger partial charge in [-0.3, -0.25) is 0 Å². The first-order chi connectivity index (χ1) is 13.2. The number of rotatable bonds is 4. The van der Waals surface area contributed by atoms with Crippen LogP contribution in [0.1, 0.15) is 0 Å². The molecule has 7 nitrogen and oxygen atoms in total. The van der Waals surface area contributed by atoms with E-state index in [4.69, 9.17) is 5.73 Å². The van der Waals surface area contributed by atoms with E-state index in [9.17, 15) is 0 Å². The average Bonchev–Trinajstić information content (AvgIpc) is 2.72. The van der Waals surface area contributed by atoms with Crippen LogP contribution < -0.4 is 20.9 Å². The molecule has 0 spiro atoms. The zero-order valence-electron chi connectivity index (χ0n) is 14.7. The molecule has 0 radical (unpaired) electrons. The number of benzene rings is 1. The number of hydrogen-bond acceptors (Lipinski definition) is 7. The maximum Gasteiger partial charge on any atom is 0.159 e. The van der Waals surface area contributed by atoms with Crippen molar-refractivity contribution in [1.29, 1.82) is 0 Å². The van der Waals surface area contributed by atoms with Crippen molar-refractivity contribution in [3.63, 3.8) is 0 Å². The fourth-order valence-corrected chi connectivity index (χ4v) is 3.46. The summed E-state index contributed by atoms with van der Waals surface area (Å²) in [5.74, 6) is 2.42. The molecule has 0 aliphatic carbocycles. The summed E-state index contributed by atoms with van der Waals surface area (Å²) in [5, 5.41) is 3.29. The van der Waals surface area contributed by atoms with Crippen molar-refractivity contribution in [2.45, 2.75) is 0 Å². The van der Waals surface area contributed by atoms with Gasteiger partial charge >= 0.3 is 0 Å². The summed E-state index contributed by atoms with van der Waals surface area (Å²) < 4.78 is 1.18. The highest BCUT2D eigenvalue weighted by molar-refractivity contribution is 14.1. The minimum atomic E-state index is 0.572. The van der Waals surface area contributed by atoms with Crippen LogP contribution in [0.2, 0.25) is 0 Å². The zero-order valence-corrected chi connectivity index (χ0v) is 16.9. The maximum absolute atomic E-state index is 6.38. The standard InChI is InChI=1S/C19H20IN7/c20-14-4-6-15(7-5-14)25-18-17(21)19(24-13-23-18)27-11-9-26(10-12-27)16-3-1-2-8-22-16/h1-8,13H,9-12,21H2,(H,23,24,25). The molecule has 1 aliphatic rings. The molecule has 0 bridgehead atoms. The molecular formula is C19H20IN7. The van der Waals surface area contributed by atoms with Gasteiger partial charge in [0.1, 0.15) is 17.8 Å². The largest absolute Gasteiger partial charge is 0.393 e. The van der Waals surface area contributed by atoms with E-state index in [1.165, 1.54) is 3.57 Å². The van der Waals surface area contributed by atoms with E-state index in [1.807, 2.05) is 48.7 Å². The van der Waals surface area contributed by atoms with Crippen LogP contribution in [0, 0.1) is 3.57 Å². The van der Waals surface area contributed by atoms with Crippen LogP contribution in [0.15, 0.2) is 55.0 Å². The van der Waals surface area contributed by atoms with Crippen molar-refractivity contribution in [3.8, 4) is 0 Å². The molecule has 1 aromatic carbocycles. The summed E-state index contributed by atoms with van der Waals surface area (Å²) in [5.41, 5.74) is 7.90. The summed E-state index contributed by atoms with van der Waals surface area (Å²) in [6.45, 7) is 3.42. The summed E-state index contributed by atoms with van der Waals surface area (Å²) in [6, 6.07) is 14.1. The van der Waals surface area contributed by atoms with Crippen LogP contribution >= 0.6 is 22.6 Å². The van der Waals surface area contributed by atoms with Crippen LogP contribution in [0.3, 0.4) is 0 Å². The van der Waals surface area contributed by atoms with Crippen LogP contribution in [0.25, 0.3) is 0 Å². The lowest BCUT2D eigenvalue weighted by atomic mass is 10.2. The van der Waals surface area contributed by atoms with Gasteiger partial charge in [0, 0.05) is 41.6 Å². The number of halogens is 1. The second-order valence-electron chi connectivity index (χ2n) is 6.25. The summed E-state index contributed by atoms with van der Waals surface area (Å²) in [4.78, 5) is 17.7. The lowest BCUT2D eigenvalue weighted by Gasteiger charge is -2.36. The summed E-state index contributed by atoms with van der Waals surface area (Å²) >= 11 is 2.28. The van der Waals surface area contributed by atoms with E-state index < -0.39 is 0 Å². The molecule has 0 atom stereocenters. The van der Waals surface area contributed by atoms with Crippen LogP contribution in [0.4, 0.5) is 28.8 Å². The van der Waals surface area contributed by atoms with E-state index in [0.717, 1.165) is 43.5 Å². The molecular weight excluding hydrogens is 453 g/mol. The maximum atomic E-state index is 6.38. The number of nitrogens with zero attached hydrogens (tertiary/aromatic N) is 5. The van der Waals surface area contributed by atoms with Crippen molar-refractivity contribution < 1.29 is 0 Å². The fraction of sp³-hybridized carbons (Fsp3) is 0.211. The SMILES string of the molecule is Nc1c(Nc2ccc(I)cc2)ncnc1N1CCN(c2ccccn2)CC1. The monoisotopic (exact) mass is 473 g/mol. The fourth-order valence-electron chi connectivity index (χ4n) is 3.10. The minimum absolute atomic E-state index is 0.572. The lowest BCUT2D eigenvalue weighted by molar-refractivity contribution is 0.642. The van der Waals surface area contributed by atoms with E-state index in [1.54, 1.807) is 6.33 Å². The molecule has 3 aromatic rings. The second kappa shape index (κ2) is 7.95. The number of nitrogens with two attached hydrogens (primary N) is 1. The van der Waals surface area contributed by atoms with Crippen LogP contribution in [-0.2, 0) is 0 Å². The Hall–Kier alpha value is -2.62. The Morgan fingerprint density at radius 3 is 2.33 bits per heavy atom. The lowest BCUT2D eigenvalue weighted by Crippen LogP contribution is -2.47. The van der Waals surface area contributed by atoms with Crippen molar-refractivity contribution in [2.24, 2.45) is 0 Å². The first-order valence-electron chi connectivity index (χ1n) is 8.75. The molecule has 0 unspecified atom stereocenters. The van der Waals surface area contributed by atoms with Gasteiger partial charge in [0.15, 0.2) is 11.6 Å². The molecule has 1 fully saturated rings. The van der Waals surface area contributed by atoms with Crippen LogP contribution in [0.5, 0.6) is 0 Å². The molecule has 2 aromatic heterocycles. The minimum Gasteiger partial charge on any atom is -0.393 e. The quantitative estimate of drug-likeness (QED) is 0.564. The van der Waals surface area contributed by atoms with E-state index >= 15 is 0 Å². The molecule has 1 saturated heterocycles. The van der Waals surface area contributed by atoms with Gasteiger partial charge in [-0.1, -0.05) is 6.07 Å². The van der Waals surface area contributed by atoms with Crippen molar-refractivity contribution in [1.82, 2.24) is 15.0 Å². The van der Waals surface area contributed by atoms with Gasteiger partial charge in [-0.05, 0) is 59.0 Å². The number of pyridine rings is 1. The number of hydrogen-bond donors (Lipinski definition) is 2. The van der Waals surface area contributed by atoms with E-state index in [2.05, 4.69) is 52.7 Å². The highest BCUT2D eigenvalue weighted by atomic mass is 127. The Morgan fingerprint density at radius 1 is 0.889 bits per heavy atom. The van der Waals surface area contributed by atoms with Crippen LogP contribution in [-0.4, -0.2) is 41.1 Å². The Morgan fingerprint density at radius 2 is 1.63 bits per heavy atom. The highest BCUT2D eigenvalue weighted by Gasteiger charge is 2.22. The molecule has 27 heavy (non-hydrogen) atoms. The zero-order chi connectivity index (χ0) is 18.6. The third kappa shape index (κ3) is 4.05. The van der Waals surface area contributed by atoms with Gasteiger partial charge in [-0.2, -0.15) is 0 Å². The average molecular weight is 473 g/mol. The number of piperazine rings is 1. The Balaban J connectivity index is 1.47. The number of nitrogens with one attached hydrogen (secondary N) is 1. The van der Waals surface area contributed by atoms with Gasteiger partial charge in [0.25, 0.3) is 0 Å². The molecule has 3 heterocycles. The highest BCUT2D eigenvalue weighted by Crippen LogP contribution is 2.29. The van der Waals surface area contributed by atoms with Gasteiger partial charge in [-0.15, -0.1) is 0 Å². The topological polar surface area (TPSA) is 83.2 Å². The molecule has 138 valence electrons. The molecule has 1 aliphatic heterocycles. The number of anilines is 5. The first-order valence-corrected chi connectivity index (χ1v) is 9.82. The summed E-state index contributed by atoms with van der Waals surface area (Å²) in [6.07, 6.45) is 3.39. The predicted octanol–water partition coefficient (Wildman–Crippen LogP) is 3.13. The third-order valence-corrected chi connectivity index (χ3v) is 5.24. The summed E-state index contributed by atoms with van der Waals surface area (Å²) in [7, 11) is 0. The van der Waals surface area contributed by atoms with Gasteiger partial charge in [-0.25, -0.2) is 15.0 Å². The Labute approximate surface area is 171 Å². The van der Waals surface area contributed by atoms with Gasteiger partial charge < -0.3 is 20.9 Å². The third-order valence-electron chi connectivity index (χ3n) is 4.52. The van der Waals surface area contributed by atoms with Crippen molar-refractivity contribution in [2.75, 3.05) is 47.0 Å². The molecule has 0 amide bonds. The van der Waals surface area contributed by atoms with Gasteiger partial charge in [0.05, 0.1) is 0 Å². The molecule has 8 heteroatoms. The predicted molar refractivity (Wildman–Crippen MR) is 118 cm³/mol. The van der Waals surface area contributed by atoms with Crippen molar-refractivity contribution in [3.05, 3.63) is 58.6 Å².